The van der Waals surface area contributed by atoms with Crippen LogP contribution in [0.3, 0.4) is 0 Å². The standard InChI is InChI=1S/C12H17N3O/c1-12(8-14-11(13)15-12)7-6-9-2-4-10(16)5-3-9/h2-5,16H,6-8H2,1H3,(H3,13,14,15). The monoisotopic (exact) mass is 219 g/mol. The topological polar surface area (TPSA) is 70.6 Å². The first kappa shape index (κ1) is 10.8. The molecule has 4 N–H and O–H groups in total. The number of guanidine groups is 1. The molecular weight excluding hydrogens is 202 g/mol. The van der Waals surface area contributed by atoms with Gasteiger partial charge in [-0.2, -0.15) is 0 Å². The highest BCUT2D eigenvalue weighted by Crippen LogP contribution is 2.19. The van der Waals surface area contributed by atoms with Gasteiger partial charge in [-0.25, -0.2) is 0 Å². The molecule has 0 aromatic heterocycles. The van der Waals surface area contributed by atoms with Gasteiger partial charge in [0.2, 0.25) is 0 Å². The van der Waals surface area contributed by atoms with Crippen LogP contribution in [0.15, 0.2) is 29.3 Å². The fourth-order valence-corrected chi connectivity index (χ4v) is 1.87. The second kappa shape index (κ2) is 4.04. The number of hydrogen-bond acceptors (Lipinski definition) is 4. The van der Waals surface area contributed by atoms with Crippen LogP contribution >= 0.6 is 0 Å². The quantitative estimate of drug-likeness (QED) is 0.710. The van der Waals surface area contributed by atoms with Crippen LogP contribution in [-0.4, -0.2) is 23.1 Å². The van der Waals surface area contributed by atoms with E-state index in [1.807, 2.05) is 12.1 Å². The van der Waals surface area contributed by atoms with Crippen LogP contribution in [0.2, 0.25) is 0 Å². The zero-order valence-electron chi connectivity index (χ0n) is 9.40. The minimum absolute atomic E-state index is 0.0258. The predicted octanol–water partition coefficient (Wildman–Crippen LogP) is 1.00. The first-order valence-electron chi connectivity index (χ1n) is 5.43. The second-order valence-electron chi connectivity index (χ2n) is 4.55. The minimum Gasteiger partial charge on any atom is -0.508 e. The Morgan fingerprint density at radius 2 is 2.12 bits per heavy atom. The largest absolute Gasteiger partial charge is 0.508 e. The molecule has 2 rings (SSSR count). The predicted molar refractivity (Wildman–Crippen MR) is 64.5 cm³/mol. The lowest BCUT2D eigenvalue weighted by atomic mass is 9.94. The van der Waals surface area contributed by atoms with Crippen molar-refractivity contribution in [2.24, 2.45) is 10.7 Å². The molecule has 4 nitrogen and oxygen atoms in total. The summed E-state index contributed by atoms with van der Waals surface area (Å²) in [6.07, 6.45) is 1.93. The number of aryl methyl sites for hydroxylation is 1. The van der Waals surface area contributed by atoms with Crippen molar-refractivity contribution in [3.63, 3.8) is 0 Å². The molecule has 0 saturated heterocycles. The highest BCUT2D eigenvalue weighted by atomic mass is 16.3. The van der Waals surface area contributed by atoms with Crippen LogP contribution < -0.4 is 11.1 Å². The van der Waals surface area contributed by atoms with Crippen LogP contribution in [0.4, 0.5) is 0 Å². The number of rotatable bonds is 3. The number of benzene rings is 1. The average molecular weight is 219 g/mol. The van der Waals surface area contributed by atoms with E-state index in [0.717, 1.165) is 19.4 Å². The van der Waals surface area contributed by atoms with Crippen molar-refractivity contribution in [2.45, 2.75) is 25.3 Å². The average Bonchev–Trinajstić information content (AvgIpc) is 2.59. The molecule has 1 aromatic rings. The summed E-state index contributed by atoms with van der Waals surface area (Å²) in [4.78, 5) is 4.16. The number of aromatic hydroxyl groups is 1. The van der Waals surface area contributed by atoms with Crippen molar-refractivity contribution in [1.82, 2.24) is 5.32 Å². The Labute approximate surface area is 95.2 Å². The van der Waals surface area contributed by atoms with Gasteiger partial charge in [0.1, 0.15) is 5.75 Å². The molecule has 1 aliphatic rings. The molecule has 0 fully saturated rings. The summed E-state index contributed by atoms with van der Waals surface area (Å²) in [5.74, 6) is 0.842. The molecule has 0 spiro atoms. The zero-order chi connectivity index (χ0) is 11.6. The maximum absolute atomic E-state index is 9.17. The van der Waals surface area contributed by atoms with Gasteiger partial charge in [-0.3, -0.25) is 4.99 Å². The van der Waals surface area contributed by atoms with Gasteiger partial charge < -0.3 is 16.2 Å². The molecule has 0 aliphatic carbocycles. The smallest absolute Gasteiger partial charge is 0.189 e. The van der Waals surface area contributed by atoms with Crippen molar-refractivity contribution in [3.8, 4) is 5.75 Å². The SMILES string of the molecule is CC1(CCc2ccc(O)cc2)CN=C(N)N1. The molecule has 16 heavy (non-hydrogen) atoms. The minimum atomic E-state index is -0.0258. The zero-order valence-corrected chi connectivity index (χ0v) is 9.40. The van der Waals surface area contributed by atoms with Gasteiger partial charge in [0.25, 0.3) is 0 Å². The van der Waals surface area contributed by atoms with Crippen molar-refractivity contribution in [1.29, 1.82) is 0 Å². The van der Waals surface area contributed by atoms with Gasteiger partial charge in [-0.05, 0) is 37.5 Å². The molecule has 1 atom stereocenters. The summed E-state index contributed by atoms with van der Waals surface area (Å²) in [5, 5.41) is 12.4. The van der Waals surface area contributed by atoms with Gasteiger partial charge in [0.05, 0.1) is 12.1 Å². The number of nitrogens with one attached hydrogen (secondary N) is 1. The summed E-state index contributed by atoms with van der Waals surface area (Å²) >= 11 is 0. The van der Waals surface area contributed by atoms with Crippen LogP contribution in [-0.2, 0) is 6.42 Å². The molecule has 0 saturated carbocycles. The lowest BCUT2D eigenvalue weighted by Gasteiger charge is -2.24. The Morgan fingerprint density at radius 1 is 1.44 bits per heavy atom. The lowest BCUT2D eigenvalue weighted by molar-refractivity contribution is 0.420. The number of phenolic OH excluding ortho intramolecular Hbond substituents is 1. The molecule has 1 aromatic carbocycles. The van der Waals surface area contributed by atoms with E-state index in [9.17, 15) is 5.11 Å². The lowest BCUT2D eigenvalue weighted by Crippen LogP contribution is -2.45. The maximum atomic E-state index is 9.17. The molecule has 0 bridgehead atoms. The van der Waals surface area contributed by atoms with E-state index >= 15 is 0 Å². The summed E-state index contributed by atoms with van der Waals surface area (Å²) < 4.78 is 0. The Bertz CT molecular complexity index is 399. The number of nitrogens with two attached hydrogens (primary N) is 1. The fraction of sp³-hybridized carbons (Fsp3) is 0.417. The Balaban J connectivity index is 1.90. The fourth-order valence-electron chi connectivity index (χ4n) is 1.87. The van der Waals surface area contributed by atoms with Crippen LogP contribution in [0.5, 0.6) is 5.75 Å². The van der Waals surface area contributed by atoms with E-state index in [4.69, 9.17) is 5.73 Å². The summed E-state index contributed by atoms with van der Waals surface area (Å²) in [6, 6.07) is 7.31. The highest BCUT2D eigenvalue weighted by molar-refractivity contribution is 5.80. The number of hydrogen-bond donors (Lipinski definition) is 3. The van der Waals surface area contributed by atoms with Gasteiger partial charge in [0, 0.05) is 0 Å². The van der Waals surface area contributed by atoms with Crippen molar-refractivity contribution in [2.75, 3.05) is 6.54 Å². The number of aliphatic imine (C=N–C) groups is 1. The molecule has 0 amide bonds. The summed E-state index contributed by atoms with van der Waals surface area (Å²) in [5.41, 5.74) is 6.79. The van der Waals surface area contributed by atoms with Crippen molar-refractivity contribution >= 4 is 5.96 Å². The molecular formula is C12H17N3O. The highest BCUT2D eigenvalue weighted by Gasteiger charge is 2.28. The summed E-state index contributed by atoms with van der Waals surface area (Å²) in [6.45, 7) is 2.85. The van der Waals surface area contributed by atoms with Gasteiger partial charge in [-0.1, -0.05) is 12.1 Å². The Kier molecular flexibility index (Phi) is 2.73. The van der Waals surface area contributed by atoms with Crippen molar-refractivity contribution < 1.29 is 5.11 Å². The van der Waals surface area contributed by atoms with Gasteiger partial charge in [-0.15, -0.1) is 0 Å². The van der Waals surface area contributed by atoms with E-state index in [1.54, 1.807) is 12.1 Å². The van der Waals surface area contributed by atoms with Gasteiger partial charge >= 0.3 is 0 Å². The second-order valence-corrected chi connectivity index (χ2v) is 4.55. The maximum Gasteiger partial charge on any atom is 0.189 e. The summed E-state index contributed by atoms with van der Waals surface area (Å²) in [7, 11) is 0. The Hall–Kier alpha value is -1.71. The van der Waals surface area contributed by atoms with Crippen LogP contribution in [0.25, 0.3) is 0 Å². The number of nitrogens with zero attached hydrogens (tertiary/aromatic N) is 1. The van der Waals surface area contributed by atoms with E-state index < -0.39 is 0 Å². The third-order valence-corrected chi connectivity index (χ3v) is 2.93. The molecule has 4 heteroatoms. The third kappa shape index (κ3) is 2.45. The van der Waals surface area contributed by atoms with E-state index in [2.05, 4.69) is 17.2 Å². The number of phenols is 1. The normalized spacial score (nSPS) is 23.9. The molecule has 86 valence electrons. The van der Waals surface area contributed by atoms with E-state index in [1.165, 1.54) is 5.56 Å². The third-order valence-electron chi connectivity index (χ3n) is 2.93. The molecule has 1 heterocycles. The molecule has 1 unspecified atom stereocenters. The van der Waals surface area contributed by atoms with Crippen LogP contribution in [0, 0.1) is 0 Å². The molecule has 0 radical (unpaired) electrons. The van der Waals surface area contributed by atoms with E-state index in [-0.39, 0.29) is 5.54 Å². The Morgan fingerprint density at radius 3 is 2.69 bits per heavy atom. The van der Waals surface area contributed by atoms with Gasteiger partial charge in [0.15, 0.2) is 5.96 Å². The van der Waals surface area contributed by atoms with E-state index in [0.29, 0.717) is 11.7 Å². The van der Waals surface area contributed by atoms with Crippen LogP contribution in [0.1, 0.15) is 18.9 Å². The molecule has 1 aliphatic heterocycles. The first-order chi connectivity index (χ1) is 7.57. The first-order valence-corrected chi connectivity index (χ1v) is 5.43. The van der Waals surface area contributed by atoms with Crippen molar-refractivity contribution in [3.05, 3.63) is 29.8 Å².